The van der Waals surface area contributed by atoms with Gasteiger partial charge < -0.3 is 5.32 Å². The van der Waals surface area contributed by atoms with Crippen molar-refractivity contribution in [1.29, 1.82) is 0 Å². The second-order valence-electron chi connectivity index (χ2n) is 7.08. The lowest BCUT2D eigenvalue weighted by Gasteiger charge is -2.22. The van der Waals surface area contributed by atoms with E-state index in [0.29, 0.717) is 12.6 Å². The van der Waals surface area contributed by atoms with Crippen molar-refractivity contribution in [3.63, 3.8) is 0 Å². The summed E-state index contributed by atoms with van der Waals surface area (Å²) in [5, 5.41) is 3.24. The topological polar surface area (TPSA) is 37.9 Å². The number of nitrogens with one attached hydrogen (secondary N) is 1. The van der Waals surface area contributed by atoms with E-state index >= 15 is 0 Å². The van der Waals surface area contributed by atoms with Crippen LogP contribution in [0.4, 0.5) is 0 Å². The molecule has 1 saturated carbocycles. The number of rotatable bonds is 4. The van der Waals surface area contributed by atoms with E-state index in [1.54, 1.807) is 0 Å². The van der Waals surface area contributed by atoms with Crippen molar-refractivity contribution in [2.75, 3.05) is 0 Å². The number of carbonyl (C=O) groups is 1. The zero-order valence-electron chi connectivity index (χ0n) is 14.2. The highest BCUT2D eigenvalue weighted by Crippen LogP contribution is 2.24. The third-order valence-corrected chi connectivity index (χ3v) is 5.35. The predicted octanol–water partition coefficient (Wildman–Crippen LogP) is 2.84. The average Bonchev–Trinajstić information content (AvgIpc) is 3.20. The Labute approximate surface area is 143 Å². The minimum atomic E-state index is 0.159. The van der Waals surface area contributed by atoms with Gasteiger partial charge in [-0.25, -0.2) is 9.13 Å². The standard InChI is InChI=1S/C20H25N3O/c24-19(21-17-10-5-2-6-11-17)15-22-14-18(16-8-3-1-4-9-16)23-13-7-12-20(22)23/h1,3-4,8-9,14,17H,2,5-7,10-13,15H2/p+1. The molecular weight excluding hydrogens is 298 g/mol. The van der Waals surface area contributed by atoms with Crippen molar-refractivity contribution in [2.24, 2.45) is 0 Å². The van der Waals surface area contributed by atoms with Crippen molar-refractivity contribution < 1.29 is 9.36 Å². The van der Waals surface area contributed by atoms with Crippen molar-refractivity contribution >= 4 is 5.91 Å². The van der Waals surface area contributed by atoms with E-state index in [-0.39, 0.29) is 5.91 Å². The second kappa shape index (κ2) is 6.80. The molecule has 0 atom stereocenters. The number of nitrogens with zero attached hydrogens (tertiary/aromatic N) is 2. The fourth-order valence-corrected chi connectivity index (χ4v) is 4.16. The lowest BCUT2D eigenvalue weighted by Crippen LogP contribution is -2.47. The molecule has 1 aromatic heterocycles. The van der Waals surface area contributed by atoms with E-state index in [4.69, 9.17) is 0 Å². The maximum Gasteiger partial charge on any atom is 0.262 e. The Bertz CT molecular complexity index is 714. The molecule has 0 bridgehead atoms. The molecule has 1 aliphatic heterocycles. The third-order valence-electron chi connectivity index (χ3n) is 5.35. The fourth-order valence-electron chi connectivity index (χ4n) is 4.16. The summed E-state index contributed by atoms with van der Waals surface area (Å²) >= 11 is 0. The molecule has 1 aromatic carbocycles. The van der Waals surface area contributed by atoms with Gasteiger partial charge in [-0.3, -0.25) is 4.79 Å². The highest BCUT2D eigenvalue weighted by molar-refractivity contribution is 5.74. The van der Waals surface area contributed by atoms with Crippen LogP contribution in [0.25, 0.3) is 11.3 Å². The van der Waals surface area contributed by atoms with Crippen LogP contribution in [0.3, 0.4) is 0 Å². The summed E-state index contributed by atoms with van der Waals surface area (Å²) in [7, 11) is 0. The quantitative estimate of drug-likeness (QED) is 0.863. The summed E-state index contributed by atoms with van der Waals surface area (Å²) in [6, 6.07) is 10.9. The largest absolute Gasteiger partial charge is 0.350 e. The Kier molecular flexibility index (Phi) is 4.37. The van der Waals surface area contributed by atoms with E-state index in [9.17, 15) is 4.79 Å². The molecule has 4 nitrogen and oxygen atoms in total. The molecular formula is C20H26N3O+. The zero-order chi connectivity index (χ0) is 16.4. The Balaban J connectivity index is 1.52. The molecule has 126 valence electrons. The Hall–Kier alpha value is -2.10. The van der Waals surface area contributed by atoms with Gasteiger partial charge in [-0.1, -0.05) is 49.6 Å². The third kappa shape index (κ3) is 3.10. The van der Waals surface area contributed by atoms with E-state index in [0.717, 1.165) is 25.8 Å². The second-order valence-corrected chi connectivity index (χ2v) is 7.08. The highest BCUT2D eigenvalue weighted by Gasteiger charge is 2.29. The SMILES string of the molecule is O=C(C[n+]1cc(-c2ccccc2)n2c1CCC2)NC1CCCCC1. The summed E-state index contributed by atoms with van der Waals surface area (Å²) in [5.74, 6) is 1.44. The van der Waals surface area contributed by atoms with E-state index < -0.39 is 0 Å². The molecule has 1 amide bonds. The Morgan fingerprint density at radius 3 is 2.71 bits per heavy atom. The van der Waals surface area contributed by atoms with Gasteiger partial charge in [0.15, 0.2) is 12.2 Å². The van der Waals surface area contributed by atoms with E-state index in [2.05, 4.69) is 44.9 Å². The molecule has 0 spiro atoms. The number of hydrogen-bond donors (Lipinski definition) is 1. The molecule has 2 aliphatic rings. The van der Waals surface area contributed by atoms with Gasteiger partial charge in [-0.2, -0.15) is 0 Å². The number of carbonyl (C=O) groups excluding carboxylic acids is 1. The molecule has 0 unspecified atom stereocenters. The van der Waals surface area contributed by atoms with Gasteiger partial charge in [0.25, 0.3) is 11.7 Å². The van der Waals surface area contributed by atoms with Gasteiger partial charge in [0, 0.05) is 11.6 Å². The van der Waals surface area contributed by atoms with Crippen LogP contribution in [0.2, 0.25) is 0 Å². The van der Waals surface area contributed by atoms with Gasteiger partial charge >= 0.3 is 0 Å². The van der Waals surface area contributed by atoms with Crippen LogP contribution in [0, 0.1) is 0 Å². The number of fused-ring (bicyclic) bond motifs is 1. The molecule has 1 N–H and O–H groups in total. The minimum absolute atomic E-state index is 0.159. The molecule has 0 radical (unpaired) electrons. The Morgan fingerprint density at radius 2 is 1.92 bits per heavy atom. The maximum absolute atomic E-state index is 12.5. The number of aromatic nitrogens is 2. The number of imidazole rings is 1. The van der Waals surface area contributed by atoms with Gasteiger partial charge in [0.2, 0.25) is 0 Å². The number of benzene rings is 1. The first-order valence-corrected chi connectivity index (χ1v) is 9.28. The van der Waals surface area contributed by atoms with E-state index in [1.165, 1.54) is 42.8 Å². The highest BCUT2D eigenvalue weighted by atomic mass is 16.2. The first-order chi connectivity index (χ1) is 11.8. The normalized spacial score (nSPS) is 17.7. The monoisotopic (exact) mass is 324 g/mol. The maximum atomic E-state index is 12.5. The first kappa shape index (κ1) is 15.4. The molecule has 4 rings (SSSR count). The van der Waals surface area contributed by atoms with Crippen molar-refractivity contribution in [3.8, 4) is 11.3 Å². The van der Waals surface area contributed by atoms with E-state index in [1.807, 2.05) is 6.07 Å². The molecule has 2 aromatic rings. The summed E-state index contributed by atoms with van der Waals surface area (Å²) in [6.45, 7) is 1.50. The van der Waals surface area contributed by atoms with Gasteiger partial charge in [-0.05, 0) is 19.3 Å². The first-order valence-electron chi connectivity index (χ1n) is 9.28. The predicted molar refractivity (Wildman–Crippen MR) is 93.4 cm³/mol. The molecule has 2 heterocycles. The zero-order valence-corrected chi connectivity index (χ0v) is 14.2. The van der Waals surface area contributed by atoms with Crippen LogP contribution < -0.4 is 9.88 Å². The molecule has 0 saturated heterocycles. The number of hydrogen-bond acceptors (Lipinski definition) is 1. The van der Waals surface area contributed by atoms with Crippen LogP contribution in [0.15, 0.2) is 36.5 Å². The minimum Gasteiger partial charge on any atom is -0.350 e. The van der Waals surface area contributed by atoms with Crippen molar-refractivity contribution in [3.05, 3.63) is 42.4 Å². The fraction of sp³-hybridized carbons (Fsp3) is 0.500. The molecule has 24 heavy (non-hydrogen) atoms. The van der Waals surface area contributed by atoms with Crippen LogP contribution in [-0.2, 0) is 24.3 Å². The lowest BCUT2D eigenvalue weighted by atomic mass is 9.95. The smallest absolute Gasteiger partial charge is 0.262 e. The molecule has 1 aliphatic carbocycles. The molecule has 1 fully saturated rings. The lowest BCUT2D eigenvalue weighted by molar-refractivity contribution is -0.690. The van der Waals surface area contributed by atoms with Gasteiger partial charge in [0.05, 0.1) is 13.0 Å². The van der Waals surface area contributed by atoms with Crippen LogP contribution in [0.1, 0.15) is 44.3 Å². The van der Waals surface area contributed by atoms with Crippen LogP contribution >= 0.6 is 0 Å². The summed E-state index contributed by atoms with van der Waals surface area (Å²) in [5.41, 5.74) is 2.46. The van der Waals surface area contributed by atoms with Gasteiger partial charge in [-0.15, -0.1) is 0 Å². The summed E-state index contributed by atoms with van der Waals surface area (Å²) < 4.78 is 4.54. The Morgan fingerprint density at radius 1 is 1.12 bits per heavy atom. The molecule has 4 heteroatoms. The summed E-state index contributed by atoms with van der Waals surface area (Å²) in [4.78, 5) is 12.5. The number of amides is 1. The summed E-state index contributed by atoms with van der Waals surface area (Å²) in [6.07, 6.45) is 10.5. The average molecular weight is 324 g/mol. The van der Waals surface area contributed by atoms with Crippen molar-refractivity contribution in [1.82, 2.24) is 9.88 Å². The van der Waals surface area contributed by atoms with Crippen LogP contribution in [0.5, 0.6) is 0 Å². The van der Waals surface area contributed by atoms with Crippen molar-refractivity contribution in [2.45, 2.75) is 64.1 Å². The van der Waals surface area contributed by atoms with Crippen LogP contribution in [-0.4, -0.2) is 16.5 Å². The van der Waals surface area contributed by atoms with Gasteiger partial charge in [0.1, 0.15) is 6.20 Å².